The topological polar surface area (TPSA) is 47.8 Å². The molecule has 3 heteroatoms. The van der Waals surface area contributed by atoms with Gasteiger partial charge in [0.15, 0.2) is 0 Å². The Kier molecular flexibility index (Phi) is 6.73. The molecule has 0 heterocycles. The summed E-state index contributed by atoms with van der Waals surface area (Å²) in [6.45, 7) is 7.09. The van der Waals surface area contributed by atoms with E-state index in [0.29, 0.717) is 18.1 Å². The van der Waals surface area contributed by atoms with Crippen molar-refractivity contribution in [3.05, 3.63) is 41.5 Å². The minimum atomic E-state index is -0.266. The van der Waals surface area contributed by atoms with Crippen LogP contribution in [0.4, 0.5) is 0 Å². The number of nitrogens with one attached hydrogen (secondary N) is 2. The lowest BCUT2D eigenvalue weighted by Crippen LogP contribution is -2.43. The van der Waals surface area contributed by atoms with Crippen molar-refractivity contribution in [2.75, 3.05) is 6.54 Å². The Bertz CT molecular complexity index is 663. The molecule has 0 saturated heterocycles. The molecular formula is C24H35N3. The molecule has 27 heavy (non-hydrogen) atoms. The van der Waals surface area contributed by atoms with E-state index < -0.39 is 0 Å². The molecule has 1 aromatic carbocycles. The van der Waals surface area contributed by atoms with Gasteiger partial charge in [0.25, 0.3) is 0 Å². The second kappa shape index (κ2) is 9.04. The van der Waals surface area contributed by atoms with Crippen LogP contribution < -0.4 is 10.6 Å². The molecule has 2 saturated carbocycles. The monoisotopic (exact) mass is 365 g/mol. The first-order valence-electron chi connectivity index (χ1n) is 10.7. The van der Waals surface area contributed by atoms with E-state index in [4.69, 9.17) is 5.26 Å². The summed E-state index contributed by atoms with van der Waals surface area (Å²) in [6.07, 6.45) is 9.76. The molecule has 2 aliphatic carbocycles. The van der Waals surface area contributed by atoms with E-state index in [1.54, 1.807) is 5.57 Å². The van der Waals surface area contributed by atoms with E-state index in [0.717, 1.165) is 18.9 Å². The summed E-state index contributed by atoms with van der Waals surface area (Å²) in [5, 5.41) is 16.7. The summed E-state index contributed by atoms with van der Waals surface area (Å²) < 4.78 is 0. The zero-order chi connectivity index (χ0) is 19.3. The molecule has 0 aliphatic heterocycles. The second-order valence-corrected chi connectivity index (χ2v) is 9.02. The van der Waals surface area contributed by atoms with E-state index in [1.807, 2.05) is 13.8 Å². The molecule has 0 aromatic heterocycles. The van der Waals surface area contributed by atoms with Crippen LogP contribution in [0.25, 0.3) is 6.08 Å². The number of nitriles is 1. The van der Waals surface area contributed by atoms with Crippen LogP contribution in [0.5, 0.6) is 0 Å². The zero-order valence-corrected chi connectivity index (χ0v) is 17.2. The maximum atomic E-state index is 9.15. The predicted molar refractivity (Wildman–Crippen MR) is 113 cm³/mol. The average Bonchev–Trinajstić information content (AvgIpc) is 3.45. The molecule has 0 unspecified atom stereocenters. The Morgan fingerprint density at radius 3 is 2.44 bits per heavy atom. The van der Waals surface area contributed by atoms with E-state index in [-0.39, 0.29) is 5.41 Å². The van der Waals surface area contributed by atoms with Crippen LogP contribution in [-0.2, 0) is 0 Å². The first-order chi connectivity index (χ1) is 13.0. The zero-order valence-electron chi connectivity index (χ0n) is 17.2. The van der Waals surface area contributed by atoms with Crippen molar-refractivity contribution in [2.24, 2.45) is 11.3 Å². The van der Waals surface area contributed by atoms with Gasteiger partial charge in [0.1, 0.15) is 0 Å². The quantitative estimate of drug-likeness (QED) is 0.688. The van der Waals surface area contributed by atoms with Gasteiger partial charge in [0, 0.05) is 24.7 Å². The number of nitrogens with zero attached hydrogens (tertiary/aromatic N) is 1. The third kappa shape index (κ3) is 5.92. The van der Waals surface area contributed by atoms with Gasteiger partial charge >= 0.3 is 0 Å². The molecule has 2 aliphatic rings. The summed E-state index contributed by atoms with van der Waals surface area (Å²) in [5.41, 5.74) is 2.65. The molecule has 3 nitrogen and oxygen atoms in total. The minimum Gasteiger partial charge on any atom is -0.312 e. The number of rotatable bonds is 8. The smallest absolute Gasteiger partial charge is 0.0697 e. The van der Waals surface area contributed by atoms with Crippen LogP contribution >= 0.6 is 0 Å². The highest BCUT2D eigenvalue weighted by Gasteiger charge is 2.40. The second-order valence-electron chi connectivity index (χ2n) is 9.02. The number of benzene rings is 1. The fraction of sp³-hybridized carbons (Fsp3) is 0.625. The van der Waals surface area contributed by atoms with Crippen LogP contribution in [-0.4, -0.2) is 24.7 Å². The van der Waals surface area contributed by atoms with Crippen molar-refractivity contribution < 1.29 is 0 Å². The molecule has 146 valence electrons. The van der Waals surface area contributed by atoms with Gasteiger partial charge in [-0.1, -0.05) is 48.9 Å². The third-order valence-electron chi connectivity index (χ3n) is 6.14. The van der Waals surface area contributed by atoms with Crippen LogP contribution in [0.3, 0.4) is 0 Å². The minimum absolute atomic E-state index is 0.266. The SMILES string of the molecule is CC/C(=C\c1ccccc1)[C@@H]1C[C@H]1N[C@H]1CC[C@@H](NCC(C)(C)C#N)CC1. The lowest BCUT2D eigenvalue weighted by molar-refractivity contribution is 0.286. The lowest BCUT2D eigenvalue weighted by atomic mass is 9.89. The maximum absolute atomic E-state index is 9.15. The van der Waals surface area contributed by atoms with E-state index in [1.165, 1.54) is 37.7 Å². The fourth-order valence-corrected chi connectivity index (χ4v) is 4.23. The van der Waals surface area contributed by atoms with Crippen molar-refractivity contribution in [3.8, 4) is 6.07 Å². The van der Waals surface area contributed by atoms with Gasteiger partial charge in [0.05, 0.1) is 11.5 Å². The highest BCUT2D eigenvalue weighted by molar-refractivity contribution is 5.54. The normalized spacial score (nSPS) is 28.6. The Morgan fingerprint density at radius 1 is 1.15 bits per heavy atom. The molecule has 0 radical (unpaired) electrons. The van der Waals surface area contributed by atoms with Crippen molar-refractivity contribution in [2.45, 2.75) is 77.4 Å². The molecule has 1 aromatic rings. The Hall–Kier alpha value is -1.63. The molecule has 2 fully saturated rings. The van der Waals surface area contributed by atoms with Gasteiger partial charge in [0.2, 0.25) is 0 Å². The van der Waals surface area contributed by atoms with Crippen LogP contribution in [0.15, 0.2) is 35.9 Å². The maximum Gasteiger partial charge on any atom is 0.0697 e. The van der Waals surface area contributed by atoms with Crippen LogP contribution in [0, 0.1) is 22.7 Å². The van der Waals surface area contributed by atoms with Gasteiger partial charge in [-0.2, -0.15) is 5.26 Å². The Balaban J connectivity index is 1.42. The molecule has 0 amide bonds. The van der Waals surface area contributed by atoms with Crippen molar-refractivity contribution in [3.63, 3.8) is 0 Å². The van der Waals surface area contributed by atoms with Gasteiger partial charge < -0.3 is 10.6 Å². The summed E-state index contributed by atoms with van der Waals surface area (Å²) in [4.78, 5) is 0. The predicted octanol–water partition coefficient (Wildman–Crippen LogP) is 4.91. The fourth-order valence-electron chi connectivity index (χ4n) is 4.23. The van der Waals surface area contributed by atoms with E-state index >= 15 is 0 Å². The van der Waals surface area contributed by atoms with Crippen molar-refractivity contribution in [1.82, 2.24) is 10.6 Å². The summed E-state index contributed by atoms with van der Waals surface area (Å²) in [5.74, 6) is 0.725. The van der Waals surface area contributed by atoms with Crippen LogP contribution in [0.2, 0.25) is 0 Å². The van der Waals surface area contributed by atoms with Gasteiger partial charge in [-0.3, -0.25) is 0 Å². The highest BCUT2D eigenvalue weighted by atomic mass is 15.0. The van der Waals surface area contributed by atoms with Gasteiger partial charge in [-0.25, -0.2) is 0 Å². The van der Waals surface area contributed by atoms with Crippen LogP contribution in [0.1, 0.15) is 64.9 Å². The molecule has 3 rings (SSSR count). The molecule has 2 N–H and O–H groups in total. The van der Waals surface area contributed by atoms with Gasteiger partial charge in [-0.05, 0) is 63.9 Å². The number of hydrogen-bond acceptors (Lipinski definition) is 3. The van der Waals surface area contributed by atoms with Gasteiger partial charge in [-0.15, -0.1) is 0 Å². The van der Waals surface area contributed by atoms with Crippen molar-refractivity contribution in [1.29, 1.82) is 5.26 Å². The summed E-state index contributed by atoms with van der Waals surface area (Å²) in [6, 6.07) is 15.0. The molecule has 0 spiro atoms. The Morgan fingerprint density at radius 2 is 1.81 bits per heavy atom. The largest absolute Gasteiger partial charge is 0.312 e. The van der Waals surface area contributed by atoms with Crippen molar-refractivity contribution >= 4 is 6.08 Å². The van der Waals surface area contributed by atoms with E-state index in [2.05, 4.69) is 60.0 Å². The third-order valence-corrected chi connectivity index (χ3v) is 6.14. The lowest BCUT2D eigenvalue weighted by Gasteiger charge is -2.31. The summed E-state index contributed by atoms with van der Waals surface area (Å²) in [7, 11) is 0. The average molecular weight is 366 g/mol. The van der Waals surface area contributed by atoms with E-state index in [9.17, 15) is 0 Å². The Labute approximate surface area is 165 Å². The standard InChI is InChI=1S/C24H35N3/c1-4-19(14-18-8-6-5-7-9-18)22-15-23(22)27-21-12-10-20(11-13-21)26-17-24(2,3)16-25/h5-9,14,20-23,26-27H,4,10-13,15,17H2,1-3H3/b19-14+/t20-,21+,22-,23+/m0/s1. The number of hydrogen-bond donors (Lipinski definition) is 2. The molecular weight excluding hydrogens is 330 g/mol. The molecule has 0 bridgehead atoms. The summed E-state index contributed by atoms with van der Waals surface area (Å²) >= 11 is 0. The highest BCUT2D eigenvalue weighted by Crippen LogP contribution is 2.40. The molecule has 2 atom stereocenters. The first kappa shape index (κ1) is 20.1. The first-order valence-corrected chi connectivity index (χ1v) is 10.7.